The maximum Gasteiger partial charge on any atom is 0.355 e. The predicted molar refractivity (Wildman–Crippen MR) is 123 cm³/mol. The number of para-hydroxylation sites is 1. The van der Waals surface area contributed by atoms with Gasteiger partial charge in [0.05, 0.1) is 6.61 Å². The molecule has 0 fully saturated rings. The molecule has 5 nitrogen and oxygen atoms in total. The van der Waals surface area contributed by atoms with Crippen molar-refractivity contribution in [1.82, 2.24) is 9.47 Å². The number of hydrogen-bond donors (Lipinski definition) is 0. The molecular weight excluding hydrogens is 388 g/mol. The normalized spacial score (nSPS) is 11.1. The Morgan fingerprint density at radius 1 is 0.903 bits per heavy atom. The second kappa shape index (κ2) is 8.64. The molecule has 0 atom stereocenters. The molecule has 31 heavy (non-hydrogen) atoms. The number of nitrogens with zero attached hydrogens (tertiary/aromatic N) is 2. The molecule has 0 radical (unpaired) electrons. The molecule has 0 bridgehead atoms. The molecule has 0 spiro atoms. The molecule has 0 N–H and O–H groups in total. The molecule has 4 aromatic rings. The van der Waals surface area contributed by atoms with Crippen LogP contribution in [0, 0.1) is 0 Å². The number of aromatic nitrogens is 1. The molecule has 0 saturated carbocycles. The summed E-state index contributed by atoms with van der Waals surface area (Å²) in [5, 5.41) is 3.27. The van der Waals surface area contributed by atoms with E-state index in [1.165, 1.54) is 4.90 Å². The van der Waals surface area contributed by atoms with Crippen molar-refractivity contribution in [3.05, 3.63) is 83.6 Å². The quantitative estimate of drug-likeness (QED) is 0.432. The lowest BCUT2D eigenvalue weighted by molar-refractivity contribution is -0.129. The van der Waals surface area contributed by atoms with Crippen LogP contribution in [-0.2, 0) is 22.5 Å². The SMILES string of the molecule is CCOC(=O)c1c(Cc2cccc3ccccc23)c2ccccc2n1CC(=O)N(C)C. The number of amides is 1. The Morgan fingerprint density at radius 2 is 1.58 bits per heavy atom. The van der Waals surface area contributed by atoms with Crippen molar-refractivity contribution in [3.8, 4) is 0 Å². The van der Waals surface area contributed by atoms with Crippen LogP contribution >= 0.6 is 0 Å². The van der Waals surface area contributed by atoms with Crippen molar-refractivity contribution in [2.45, 2.75) is 19.9 Å². The van der Waals surface area contributed by atoms with E-state index in [9.17, 15) is 9.59 Å². The van der Waals surface area contributed by atoms with Crippen molar-refractivity contribution in [2.24, 2.45) is 0 Å². The molecular formula is C26H26N2O3. The van der Waals surface area contributed by atoms with E-state index < -0.39 is 5.97 Å². The summed E-state index contributed by atoms with van der Waals surface area (Å²) in [4.78, 5) is 27.2. The molecule has 1 heterocycles. The van der Waals surface area contributed by atoms with Gasteiger partial charge in [-0.3, -0.25) is 4.79 Å². The van der Waals surface area contributed by atoms with Gasteiger partial charge >= 0.3 is 5.97 Å². The number of likely N-dealkylation sites (N-methyl/N-ethyl adjacent to an activating group) is 1. The average molecular weight is 415 g/mol. The van der Waals surface area contributed by atoms with Gasteiger partial charge in [0.15, 0.2) is 0 Å². The van der Waals surface area contributed by atoms with Crippen LogP contribution in [0.25, 0.3) is 21.7 Å². The van der Waals surface area contributed by atoms with Gasteiger partial charge in [0, 0.05) is 31.4 Å². The fraction of sp³-hybridized carbons (Fsp3) is 0.231. The maximum absolute atomic E-state index is 13.1. The van der Waals surface area contributed by atoms with Gasteiger partial charge in [-0.25, -0.2) is 4.79 Å². The Bertz CT molecular complexity index is 1270. The molecule has 0 aliphatic carbocycles. The third kappa shape index (κ3) is 3.91. The fourth-order valence-corrected chi connectivity index (χ4v) is 4.06. The first-order valence-corrected chi connectivity index (χ1v) is 10.4. The third-order valence-corrected chi connectivity index (χ3v) is 5.58. The molecule has 1 amide bonds. The highest BCUT2D eigenvalue weighted by Gasteiger charge is 2.25. The van der Waals surface area contributed by atoms with E-state index in [0.29, 0.717) is 12.1 Å². The summed E-state index contributed by atoms with van der Waals surface area (Å²) in [5.74, 6) is -0.483. The Balaban J connectivity index is 1.94. The first-order chi connectivity index (χ1) is 15.0. The lowest BCUT2D eigenvalue weighted by Gasteiger charge is -2.15. The summed E-state index contributed by atoms with van der Waals surface area (Å²) in [6.45, 7) is 2.15. The second-order valence-corrected chi connectivity index (χ2v) is 7.75. The van der Waals surface area contributed by atoms with Crippen molar-refractivity contribution < 1.29 is 14.3 Å². The molecule has 1 aromatic heterocycles. The summed E-state index contributed by atoms with van der Waals surface area (Å²) in [6.07, 6.45) is 0.569. The first kappa shape index (κ1) is 20.7. The molecule has 0 aliphatic heterocycles. The number of hydrogen-bond acceptors (Lipinski definition) is 3. The van der Waals surface area contributed by atoms with Gasteiger partial charge in [-0.1, -0.05) is 60.7 Å². The van der Waals surface area contributed by atoms with Gasteiger partial charge in [0.2, 0.25) is 5.91 Å². The van der Waals surface area contributed by atoms with Gasteiger partial charge in [0.1, 0.15) is 12.2 Å². The molecule has 0 unspecified atom stereocenters. The Labute approximate surface area is 181 Å². The molecule has 3 aromatic carbocycles. The van der Waals surface area contributed by atoms with E-state index >= 15 is 0 Å². The highest BCUT2D eigenvalue weighted by Crippen LogP contribution is 2.31. The van der Waals surface area contributed by atoms with Crippen LogP contribution in [-0.4, -0.2) is 42.0 Å². The zero-order chi connectivity index (χ0) is 22.0. The van der Waals surface area contributed by atoms with Crippen molar-refractivity contribution in [3.63, 3.8) is 0 Å². The van der Waals surface area contributed by atoms with E-state index in [0.717, 1.165) is 32.8 Å². The summed E-state index contributed by atoms with van der Waals surface area (Å²) >= 11 is 0. The van der Waals surface area contributed by atoms with Crippen molar-refractivity contribution in [1.29, 1.82) is 0 Å². The summed E-state index contributed by atoms with van der Waals surface area (Å²) in [6, 6.07) is 22.3. The van der Waals surface area contributed by atoms with E-state index in [1.54, 1.807) is 25.6 Å². The Kier molecular flexibility index (Phi) is 5.76. The highest BCUT2D eigenvalue weighted by molar-refractivity contribution is 6.00. The van der Waals surface area contributed by atoms with Crippen LogP contribution in [0.4, 0.5) is 0 Å². The van der Waals surface area contributed by atoms with E-state index in [4.69, 9.17) is 4.74 Å². The molecule has 5 heteroatoms. The van der Waals surface area contributed by atoms with Gasteiger partial charge in [-0.2, -0.15) is 0 Å². The minimum atomic E-state index is -0.402. The van der Waals surface area contributed by atoms with E-state index in [2.05, 4.69) is 24.3 Å². The van der Waals surface area contributed by atoms with Crippen LogP contribution < -0.4 is 0 Å². The zero-order valence-corrected chi connectivity index (χ0v) is 18.1. The minimum Gasteiger partial charge on any atom is -0.461 e. The smallest absolute Gasteiger partial charge is 0.355 e. The topological polar surface area (TPSA) is 51.5 Å². The molecule has 0 saturated heterocycles. The monoisotopic (exact) mass is 414 g/mol. The number of carbonyl (C=O) groups is 2. The predicted octanol–water partition coefficient (Wildman–Crippen LogP) is 4.65. The molecule has 4 rings (SSSR count). The van der Waals surface area contributed by atoms with E-state index in [-0.39, 0.29) is 19.1 Å². The van der Waals surface area contributed by atoms with Gasteiger partial charge in [0.25, 0.3) is 0 Å². The number of ether oxygens (including phenoxy) is 1. The first-order valence-electron chi connectivity index (χ1n) is 10.4. The average Bonchev–Trinajstić information content (AvgIpc) is 3.07. The zero-order valence-electron chi connectivity index (χ0n) is 18.1. The number of rotatable bonds is 6. The lowest BCUT2D eigenvalue weighted by atomic mass is 9.96. The number of fused-ring (bicyclic) bond motifs is 2. The van der Waals surface area contributed by atoms with E-state index in [1.807, 2.05) is 42.5 Å². The van der Waals surface area contributed by atoms with Crippen LogP contribution in [0.5, 0.6) is 0 Å². The van der Waals surface area contributed by atoms with Crippen LogP contribution in [0.2, 0.25) is 0 Å². The largest absolute Gasteiger partial charge is 0.461 e. The van der Waals surface area contributed by atoms with Crippen LogP contribution in [0.15, 0.2) is 66.7 Å². The van der Waals surface area contributed by atoms with Gasteiger partial charge < -0.3 is 14.2 Å². The van der Waals surface area contributed by atoms with Crippen LogP contribution in [0.3, 0.4) is 0 Å². The van der Waals surface area contributed by atoms with Crippen molar-refractivity contribution >= 4 is 33.6 Å². The maximum atomic E-state index is 13.1. The summed E-state index contributed by atoms with van der Waals surface area (Å²) in [7, 11) is 3.43. The van der Waals surface area contributed by atoms with Crippen LogP contribution in [0.1, 0.15) is 28.5 Å². The number of esters is 1. The standard InChI is InChI=1S/C26H26N2O3/c1-4-31-26(30)25-22(16-19-12-9-11-18-10-5-6-13-20(18)19)21-14-7-8-15-23(21)28(25)17-24(29)27(2)3/h5-15H,4,16-17H2,1-3H3. The lowest BCUT2D eigenvalue weighted by Crippen LogP contribution is -2.28. The summed E-state index contributed by atoms with van der Waals surface area (Å²) < 4.78 is 7.22. The minimum absolute atomic E-state index is 0.0805. The Hall–Kier alpha value is -3.60. The molecule has 0 aliphatic rings. The third-order valence-electron chi connectivity index (χ3n) is 5.58. The Morgan fingerprint density at radius 3 is 2.32 bits per heavy atom. The summed E-state index contributed by atoms with van der Waals surface area (Å²) in [5.41, 5.74) is 3.32. The van der Waals surface area contributed by atoms with Crippen molar-refractivity contribution in [2.75, 3.05) is 20.7 Å². The number of benzene rings is 3. The fourth-order valence-electron chi connectivity index (χ4n) is 4.06. The highest BCUT2D eigenvalue weighted by atomic mass is 16.5. The number of carbonyl (C=O) groups excluding carboxylic acids is 2. The second-order valence-electron chi connectivity index (χ2n) is 7.75. The van der Waals surface area contributed by atoms with Gasteiger partial charge in [-0.05, 0) is 34.9 Å². The van der Waals surface area contributed by atoms with Gasteiger partial charge in [-0.15, -0.1) is 0 Å². The molecule has 158 valence electrons.